The molecular formula is C10H21N3O2. The van der Waals surface area contributed by atoms with Gasteiger partial charge in [-0.05, 0) is 20.8 Å². The molecule has 1 atom stereocenters. The Bertz CT molecular complexity index is 223. The van der Waals surface area contributed by atoms with Crippen LogP contribution in [-0.4, -0.2) is 48.8 Å². The van der Waals surface area contributed by atoms with Crippen LogP contribution in [0.25, 0.3) is 0 Å². The summed E-state index contributed by atoms with van der Waals surface area (Å²) >= 11 is 0. The number of carbonyl (C=O) groups excluding carboxylic acids is 1. The zero-order valence-corrected chi connectivity index (χ0v) is 9.75. The first-order valence-electron chi connectivity index (χ1n) is 5.34. The summed E-state index contributed by atoms with van der Waals surface area (Å²) in [5, 5.41) is 2.93. The van der Waals surface area contributed by atoms with Crippen molar-refractivity contribution in [2.24, 2.45) is 5.73 Å². The molecule has 15 heavy (non-hydrogen) atoms. The fourth-order valence-corrected chi connectivity index (χ4v) is 1.23. The third kappa shape index (κ3) is 3.35. The molecule has 1 aliphatic rings. The van der Waals surface area contributed by atoms with Crippen molar-refractivity contribution >= 4 is 6.03 Å². The molecule has 2 amide bonds. The van der Waals surface area contributed by atoms with Crippen molar-refractivity contribution in [3.05, 3.63) is 0 Å². The molecule has 5 heteroatoms. The Labute approximate surface area is 90.9 Å². The molecule has 0 spiro atoms. The van der Waals surface area contributed by atoms with Crippen molar-refractivity contribution in [3.8, 4) is 0 Å². The molecular weight excluding hydrogens is 194 g/mol. The molecule has 1 aliphatic heterocycles. The molecule has 0 bridgehead atoms. The molecule has 0 aliphatic carbocycles. The molecule has 1 heterocycles. The van der Waals surface area contributed by atoms with E-state index >= 15 is 0 Å². The van der Waals surface area contributed by atoms with Crippen molar-refractivity contribution in [2.75, 3.05) is 26.3 Å². The predicted molar refractivity (Wildman–Crippen MR) is 58.7 cm³/mol. The minimum absolute atomic E-state index is 0.0550. The summed E-state index contributed by atoms with van der Waals surface area (Å²) in [6.07, 6.45) is 0. The third-order valence-electron chi connectivity index (χ3n) is 2.87. The molecule has 1 fully saturated rings. The van der Waals surface area contributed by atoms with Gasteiger partial charge >= 0.3 is 6.03 Å². The minimum atomic E-state index is -0.380. The van der Waals surface area contributed by atoms with Gasteiger partial charge in [-0.15, -0.1) is 0 Å². The van der Waals surface area contributed by atoms with Gasteiger partial charge in [0, 0.05) is 19.1 Å². The lowest BCUT2D eigenvalue weighted by Gasteiger charge is -2.34. The van der Waals surface area contributed by atoms with Crippen LogP contribution in [0.15, 0.2) is 0 Å². The maximum atomic E-state index is 11.8. The van der Waals surface area contributed by atoms with Gasteiger partial charge in [-0.3, -0.25) is 0 Å². The quantitative estimate of drug-likeness (QED) is 0.689. The Balaban J connectivity index is 2.47. The zero-order valence-electron chi connectivity index (χ0n) is 9.75. The molecule has 0 aromatic carbocycles. The van der Waals surface area contributed by atoms with Gasteiger partial charge in [0.1, 0.15) is 0 Å². The standard InChI is InChI=1S/C10H21N3O2/c1-8(11)10(2,3)12-9(14)13-4-6-15-7-5-13/h8H,4-7,11H2,1-3H3,(H,12,14). The van der Waals surface area contributed by atoms with Crippen molar-refractivity contribution in [2.45, 2.75) is 32.4 Å². The fourth-order valence-electron chi connectivity index (χ4n) is 1.23. The van der Waals surface area contributed by atoms with Crippen LogP contribution in [0.3, 0.4) is 0 Å². The van der Waals surface area contributed by atoms with Crippen molar-refractivity contribution in [1.29, 1.82) is 0 Å². The largest absolute Gasteiger partial charge is 0.378 e. The summed E-state index contributed by atoms with van der Waals surface area (Å²) in [5.74, 6) is 0. The number of morpholine rings is 1. The number of rotatable bonds is 2. The molecule has 1 rings (SSSR count). The average Bonchev–Trinajstić information content (AvgIpc) is 2.18. The normalized spacial score (nSPS) is 19.9. The van der Waals surface area contributed by atoms with Gasteiger partial charge in [-0.1, -0.05) is 0 Å². The van der Waals surface area contributed by atoms with E-state index in [2.05, 4.69) is 5.32 Å². The second-order valence-corrected chi connectivity index (χ2v) is 4.54. The summed E-state index contributed by atoms with van der Waals surface area (Å²) in [6.45, 7) is 8.28. The molecule has 0 aromatic rings. The van der Waals surface area contributed by atoms with E-state index in [0.717, 1.165) is 0 Å². The molecule has 0 saturated carbocycles. The SMILES string of the molecule is CC(N)C(C)(C)NC(=O)N1CCOCC1. The van der Waals surface area contributed by atoms with Crippen LogP contribution in [-0.2, 0) is 4.74 Å². The predicted octanol–water partition coefficient (Wildman–Crippen LogP) is 0.154. The second kappa shape index (κ2) is 4.81. The molecule has 1 saturated heterocycles. The molecule has 1 unspecified atom stereocenters. The first-order chi connectivity index (χ1) is 6.93. The van der Waals surface area contributed by atoms with Gasteiger partial charge in [-0.25, -0.2) is 4.79 Å². The van der Waals surface area contributed by atoms with Gasteiger partial charge in [0.2, 0.25) is 0 Å². The van der Waals surface area contributed by atoms with Crippen molar-refractivity contribution in [1.82, 2.24) is 10.2 Å². The van der Waals surface area contributed by atoms with Crippen LogP contribution in [0.4, 0.5) is 4.79 Å². The first kappa shape index (κ1) is 12.3. The Morgan fingerprint density at radius 3 is 2.47 bits per heavy atom. The molecule has 0 aromatic heterocycles. The van der Waals surface area contributed by atoms with Gasteiger partial charge in [0.05, 0.1) is 18.8 Å². The van der Waals surface area contributed by atoms with E-state index in [-0.39, 0.29) is 17.6 Å². The first-order valence-corrected chi connectivity index (χ1v) is 5.34. The van der Waals surface area contributed by atoms with Crippen LogP contribution in [0.5, 0.6) is 0 Å². The molecule has 5 nitrogen and oxygen atoms in total. The number of nitrogens with one attached hydrogen (secondary N) is 1. The number of amides is 2. The Morgan fingerprint density at radius 2 is 2.00 bits per heavy atom. The molecule has 0 radical (unpaired) electrons. The third-order valence-corrected chi connectivity index (χ3v) is 2.87. The van der Waals surface area contributed by atoms with E-state index in [1.54, 1.807) is 4.90 Å². The lowest BCUT2D eigenvalue weighted by molar-refractivity contribution is 0.0511. The Hall–Kier alpha value is -0.810. The molecule has 88 valence electrons. The number of hydrogen-bond donors (Lipinski definition) is 2. The average molecular weight is 215 g/mol. The Kier molecular flexibility index (Phi) is 3.93. The minimum Gasteiger partial charge on any atom is -0.378 e. The number of nitrogens with two attached hydrogens (primary N) is 1. The van der Waals surface area contributed by atoms with Crippen LogP contribution in [0.1, 0.15) is 20.8 Å². The van der Waals surface area contributed by atoms with E-state index in [0.29, 0.717) is 26.3 Å². The van der Waals surface area contributed by atoms with E-state index < -0.39 is 0 Å². The van der Waals surface area contributed by atoms with Crippen molar-refractivity contribution < 1.29 is 9.53 Å². The van der Waals surface area contributed by atoms with Crippen molar-refractivity contribution in [3.63, 3.8) is 0 Å². The highest BCUT2D eigenvalue weighted by Crippen LogP contribution is 2.08. The van der Waals surface area contributed by atoms with Gasteiger partial charge in [-0.2, -0.15) is 0 Å². The summed E-state index contributed by atoms with van der Waals surface area (Å²) in [6, 6.07) is -0.136. The maximum absolute atomic E-state index is 11.8. The Morgan fingerprint density at radius 1 is 1.47 bits per heavy atom. The lowest BCUT2D eigenvalue weighted by Crippen LogP contribution is -2.59. The summed E-state index contributed by atoms with van der Waals surface area (Å²) < 4.78 is 5.18. The number of nitrogens with zero attached hydrogens (tertiary/aromatic N) is 1. The summed E-state index contributed by atoms with van der Waals surface area (Å²) in [5.41, 5.74) is 5.41. The fraction of sp³-hybridized carbons (Fsp3) is 0.900. The van der Waals surface area contributed by atoms with E-state index in [9.17, 15) is 4.79 Å². The highest BCUT2D eigenvalue weighted by molar-refractivity contribution is 5.75. The number of ether oxygens (including phenoxy) is 1. The van der Waals surface area contributed by atoms with Crippen LogP contribution < -0.4 is 11.1 Å². The van der Waals surface area contributed by atoms with Crippen LogP contribution in [0, 0.1) is 0 Å². The highest BCUT2D eigenvalue weighted by Gasteiger charge is 2.27. The number of carbonyl (C=O) groups is 1. The summed E-state index contributed by atoms with van der Waals surface area (Å²) in [4.78, 5) is 13.6. The van der Waals surface area contributed by atoms with Crippen LogP contribution in [0.2, 0.25) is 0 Å². The van der Waals surface area contributed by atoms with Gasteiger partial charge in [0.25, 0.3) is 0 Å². The monoisotopic (exact) mass is 215 g/mol. The number of hydrogen-bond acceptors (Lipinski definition) is 3. The molecule has 3 N–H and O–H groups in total. The highest BCUT2D eigenvalue weighted by atomic mass is 16.5. The smallest absolute Gasteiger partial charge is 0.318 e. The van der Waals surface area contributed by atoms with Gasteiger partial charge in [0.15, 0.2) is 0 Å². The number of urea groups is 1. The second-order valence-electron chi connectivity index (χ2n) is 4.54. The maximum Gasteiger partial charge on any atom is 0.318 e. The van der Waals surface area contributed by atoms with Crippen LogP contribution >= 0.6 is 0 Å². The summed E-state index contributed by atoms with van der Waals surface area (Å²) in [7, 11) is 0. The lowest BCUT2D eigenvalue weighted by atomic mass is 9.97. The van der Waals surface area contributed by atoms with Gasteiger partial charge < -0.3 is 20.7 Å². The van der Waals surface area contributed by atoms with E-state index in [4.69, 9.17) is 10.5 Å². The van der Waals surface area contributed by atoms with E-state index in [1.165, 1.54) is 0 Å². The zero-order chi connectivity index (χ0) is 11.5. The topological polar surface area (TPSA) is 67.6 Å². The van der Waals surface area contributed by atoms with E-state index in [1.807, 2.05) is 20.8 Å².